The van der Waals surface area contributed by atoms with Gasteiger partial charge < -0.3 is 15.7 Å². The lowest BCUT2D eigenvalue weighted by molar-refractivity contribution is -0.155. The number of carboxylic acid groups (broad SMARTS) is 1. The molecule has 3 unspecified atom stereocenters. The van der Waals surface area contributed by atoms with E-state index in [1.807, 2.05) is 13.8 Å². The van der Waals surface area contributed by atoms with Crippen LogP contribution in [-0.2, 0) is 9.59 Å². The van der Waals surface area contributed by atoms with Crippen molar-refractivity contribution >= 4 is 11.9 Å². The van der Waals surface area contributed by atoms with Crippen LogP contribution < -0.4 is 5.73 Å². The second-order valence-electron chi connectivity index (χ2n) is 5.65. The maximum Gasteiger partial charge on any atom is 0.326 e. The van der Waals surface area contributed by atoms with Gasteiger partial charge in [0.05, 0.1) is 5.54 Å². The van der Waals surface area contributed by atoms with E-state index < -0.39 is 17.6 Å². The second kappa shape index (κ2) is 5.69. The minimum absolute atomic E-state index is 0.233. The number of amides is 1. The molecule has 18 heavy (non-hydrogen) atoms. The molecule has 104 valence electrons. The Hall–Kier alpha value is -1.10. The summed E-state index contributed by atoms with van der Waals surface area (Å²) >= 11 is 0. The molecule has 1 aliphatic rings. The molecule has 3 atom stereocenters. The largest absolute Gasteiger partial charge is 0.480 e. The molecule has 0 aliphatic carbocycles. The van der Waals surface area contributed by atoms with Crippen LogP contribution in [0.3, 0.4) is 0 Å². The zero-order chi connectivity index (χ0) is 13.9. The van der Waals surface area contributed by atoms with Gasteiger partial charge in [-0.2, -0.15) is 0 Å². The molecule has 0 aromatic rings. The van der Waals surface area contributed by atoms with Crippen LogP contribution in [0.15, 0.2) is 0 Å². The first-order valence-electron chi connectivity index (χ1n) is 6.62. The predicted octanol–water partition coefficient (Wildman–Crippen LogP) is 1.22. The molecule has 1 heterocycles. The van der Waals surface area contributed by atoms with Gasteiger partial charge in [0, 0.05) is 6.54 Å². The van der Waals surface area contributed by atoms with Gasteiger partial charge in [-0.15, -0.1) is 0 Å². The van der Waals surface area contributed by atoms with E-state index in [1.165, 1.54) is 4.90 Å². The van der Waals surface area contributed by atoms with Crippen molar-refractivity contribution in [2.75, 3.05) is 6.54 Å². The Balaban J connectivity index is 2.85. The molecule has 0 saturated carbocycles. The number of piperidine rings is 1. The summed E-state index contributed by atoms with van der Waals surface area (Å²) < 4.78 is 0. The number of hydrogen-bond acceptors (Lipinski definition) is 3. The van der Waals surface area contributed by atoms with Gasteiger partial charge >= 0.3 is 5.97 Å². The van der Waals surface area contributed by atoms with Crippen LogP contribution in [0.4, 0.5) is 0 Å². The Morgan fingerprint density at radius 3 is 2.61 bits per heavy atom. The highest BCUT2D eigenvalue weighted by molar-refractivity contribution is 5.89. The fraction of sp³-hybridized carbons (Fsp3) is 0.846. The van der Waals surface area contributed by atoms with E-state index in [-0.39, 0.29) is 5.91 Å². The zero-order valence-electron chi connectivity index (χ0n) is 11.5. The molecule has 1 aliphatic heterocycles. The van der Waals surface area contributed by atoms with Crippen LogP contribution >= 0.6 is 0 Å². The predicted molar refractivity (Wildman–Crippen MR) is 69.0 cm³/mol. The fourth-order valence-electron chi connectivity index (χ4n) is 2.57. The van der Waals surface area contributed by atoms with Gasteiger partial charge in [-0.05, 0) is 32.1 Å². The number of likely N-dealkylation sites (tertiary alicyclic amines) is 1. The molecule has 0 radical (unpaired) electrons. The SMILES string of the molecule is CCCC(C)(N)C(=O)N1CCC(C)CC1C(=O)O. The quantitative estimate of drug-likeness (QED) is 0.792. The highest BCUT2D eigenvalue weighted by atomic mass is 16.4. The summed E-state index contributed by atoms with van der Waals surface area (Å²) in [7, 11) is 0. The van der Waals surface area contributed by atoms with Gasteiger partial charge in [-0.25, -0.2) is 4.79 Å². The molecule has 0 spiro atoms. The highest BCUT2D eigenvalue weighted by Crippen LogP contribution is 2.25. The van der Waals surface area contributed by atoms with Crippen molar-refractivity contribution in [1.82, 2.24) is 4.90 Å². The van der Waals surface area contributed by atoms with E-state index in [0.717, 1.165) is 12.8 Å². The average molecular weight is 256 g/mol. The Labute approximate surface area is 108 Å². The Bertz CT molecular complexity index is 328. The molecule has 1 saturated heterocycles. The summed E-state index contributed by atoms with van der Waals surface area (Å²) in [5, 5.41) is 9.24. The van der Waals surface area contributed by atoms with Crippen molar-refractivity contribution in [3.63, 3.8) is 0 Å². The molecule has 0 bridgehead atoms. The number of aliphatic carboxylic acids is 1. The maximum atomic E-state index is 12.4. The van der Waals surface area contributed by atoms with Crippen molar-refractivity contribution in [3.05, 3.63) is 0 Å². The van der Waals surface area contributed by atoms with Gasteiger partial charge in [0.25, 0.3) is 0 Å². The first-order chi connectivity index (χ1) is 8.29. The van der Waals surface area contributed by atoms with Crippen molar-refractivity contribution in [2.24, 2.45) is 11.7 Å². The van der Waals surface area contributed by atoms with E-state index in [9.17, 15) is 14.7 Å². The summed E-state index contributed by atoms with van der Waals surface area (Å²) in [6, 6.07) is -0.721. The van der Waals surface area contributed by atoms with Gasteiger partial charge in [0.2, 0.25) is 5.91 Å². The third-order valence-corrected chi connectivity index (χ3v) is 3.67. The molecular weight excluding hydrogens is 232 g/mol. The number of nitrogens with two attached hydrogens (primary N) is 1. The number of nitrogens with zero attached hydrogens (tertiary/aromatic N) is 1. The maximum absolute atomic E-state index is 12.4. The summed E-state index contributed by atoms with van der Waals surface area (Å²) in [6.07, 6.45) is 2.74. The number of carbonyl (C=O) groups excluding carboxylic acids is 1. The Kier molecular flexibility index (Phi) is 4.73. The van der Waals surface area contributed by atoms with Crippen LogP contribution in [0.5, 0.6) is 0 Å². The monoisotopic (exact) mass is 256 g/mol. The summed E-state index contributed by atoms with van der Waals surface area (Å²) in [5.74, 6) is -0.823. The number of rotatable bonds is 4. The van der Waals surface area contributed by atoms with Crippen LogP contribution in [0, 0.1) is 5.92 Å². The van der Waals surface area contributed by atoms with Crippen LogP contribution in [0.2, 0.25) is 0 Å². The lowest BCUT2D eigenvalue weighted by atomic mass is 9.88. The first kappa shape index (κ1) is 15.0. The van der Waals surface area contributed by atoms with Crippen molar-refractivity contribution in [2.45, 2.75) is 58.0 Å². The minimum Gasteiger partial charge on any atom is -0.480 e. The molecule has 0 aromatic heterocycles. The molecule has 3 N–H and O–H groups in total. The lowest BCUT2D eigenvalue weighted by Gasteiger charge is -2.40. The normalized spacial score (nSPS) is 27.7. The number of carboxylic acids is 1. The molecule has 5 heteroatoms. The summed E-state index contributed by atoms with van der Waals surface area (Å²) in [6.45, 7) is 6.17. The van der Waals surface area contributed by atoms with Crippen molar-refractivity contribution < 1.29 is 14.7 Å². The lowest BCUT2D eigenvalue weighted by Crippen LogP contribution is -2.59. The minimum atomic E-state index is -0.955. The topological polar surface area (TPSA) is 83.6 Å². The second-order valence-corrected chi connectivity index (χ2v) is 5.65. The Morgan fingerprint density at radius 2 is 2.11 bits per heavy atom. The van der Waals surface area contributed by atoms with E-state index in [0.29, 0.717) is 25.3 Å². The number of carbonyl (C=O) groups is 2. The number of hydrogen-bond donors (Lipinski definition) is 2. The van der Waals surface area contributed by atoms with Gasteiger partial charge in [-0.3, -0.25) is 4.79 Å². The van der Waals surface area contributed by atoms with E-state index in [1.54, 1.807) is 6.92 Å². The molecule has 1 amide bonds. The van der Waals surface area contributed by atoms with Crippen molar-refractivity contribution in [1.29, 1.82) is 0 Å². The third-order valence-electron chi connectivity index (χ3n) is 3.67. The zero-order valence-corrected chi connectivity index (χ0v) is 11.5. The van der Waals surface area contributed by atoms with Crippen LogP contribution in [0.25, 0.3) is 0 Å². The smallest absolute Gasteiger partial charge is 0.326 e. The Morgan fingerprint density at radius 1 is 1.50 bits per heavy atom. The fourth-order valence-corrected chi connectivity index (χ4v) is 2.57. The van der Waals surface area contributed by atoms with E-state index in [2.05, 4.69) is 0 Å². The average Bonchev–Trinajstić information content (AvgIpc) is 2.27. The highest BCUT2D eigenvalue weighted by Gasteiger charge is 2.40. The first-order valence-corrected chi connectivity index (χ1v) is 6.62. The molecule has 5 nitrogen and oxygen atoms in total. The van der Waals surface area contributed by atoms with E-state index in [4.69, 9.17) is 5.73 Å². The van der Waals surface area contributed by atoms with Gasteiger partial charge in [0.1, 0.15) is 6.04 Å². The van der Waals surface area contributed by atoms with E-state index >= 15 is 0 Å². The van der Waals surface area contributed by atoms with Gasteiger partial charge in [0.15, 0.2) is 0 Å². The van der Waals surface area contributed by atoms with Gasteiger partial charge in [-0.1, -0.05) is 20.3 Å². The summed E-state index contributed by atoms with van der Waals surface area (Å²) in [5.41, 5.74) is 5.06. The molecular formula is C13H24N2O3. The molecule has 1 rings (SSSR count). The standard InChI is InChI=1S/C13H24N2O3/c1-4-6-13(3,14)12(18)15-7-5-9(2)8-10(15)11(16)17/h9-10H,4-8,14H2,1-3H3,(H,16,17). The van der Waals surface area contributed by atoms with Crippen LogP contribution in [-0.4, -0.2) is 40.0 Å². The molecule has 1 fully saturated rings. The third kappa shape index (κ3) is 3.22. The van der Waals surface area contributed by atoms with Crippen molar-refractivity contribution in [3.8, 4) is 0 Å². The van der Waals surface area contributed by atoms with Crippen LogP contribution in [0.1, 0.15) is 46.5 Å². The summed E-state index contributed by atoms with van der Waals surface area (Å²) in [4.78, 5) is 25.1. The molecule has 0 aromatic carbocycles.